The molecule has 237 valence electrons. The average Bonchev–Trinajstić information content (AvgIpc) is 3.66. The van der Waals surface area contributed by atoms with Gasteiger partial charge in [0.1, 0.15) is 16.7 Å². The third kappa shape index (κ3) is 6.21. The molecule has 0 unspecified atom stereocenters. The number of para-hydroxylation sites is 1. The monoisotopic (exact) mass is 813 g/mol. The summed E-state index contributed by atoms with van der Waals surface area (Å²) < 4.78 is 44.5. The molecule has 0 amide bonds. The Balaban J connectivity index is 0.000000222. The van der Waals surface area contributed by atoms with E-state index in [-0.39, 0.29) is 25.7 Å². The molecule has 0 fully saturated rings. The molecule has 0 spiro atoms. The summed E-state index contributed by atoms with van der Waals surface area (Å²) in [4.78, 5) is 8.98. The number of furan rings is 2. The number of hydrogen-bond acceptors (Lipinski definition) is 4. The van der Waals surface area contributed by atoms with Crippen molar-refractivity contribution in [3.05, 3.63) is 127 Å². The van der Waals surface area contributed by atoms with Crippen LogP contribution in [0.4, 0.5) is 0 Å². The summed E-state index contributed by atoms with van der Waals surface area (Å²) in [5, 5.41) is 5.25. The number of aryl methyl sites for hydroxylation is 1. The fraction of sp³-hybridized carbons (Fsp3) is 0.171. The van der Waals surface area contributed by atoms with Crippen LogP contribution in [0.25, 0.3) is 66.4 Å². The van der Waals surface area contributed by atoms with Crippen LogP contribution in [0.2, 0.25) is 19.6 Å². The zero-order chi connectivity index (χ0) is 35.4. The summed E-state index contributed by atoms with van der Waals surface area (Å²) >= 11 is 0. The molecule has 0 saturated carbocycles. The number of rotatable bonds is 4. The van der Waals surface area contributed by atoms with Gasteiger partial charge in [0, 0.05) is 54.1 Å². The van der Waals surface area contributed by atoms with E-state index in [0.717, 1.165) is 49.6 Å². The average molecular weight is 813 g/mol. The van der Waals surface area contributed by atoms with E-state index in [1.54, 1.807) is 19.9 Å². The molecule has 0 aliphatic carbocycles. The van der Waals surface area contributed by atoms with Gasteiger partial charge < -0.3 is 18.8 Å². The van der Waals surface area contributed by atoms with Gasteiger partial charge in [-0.1, -0.05) is 80.8 Å². The molecule has 0 bridgehead atoms. The third-order valence-electron chi connectivity index (χ3n) is 8.25. The van der Waals surface area contributed by atoms with Crippen LogP contribution in [0.3, 0.4) is 0 Å². The molecule has 4 aromatic carbocycles. The largest absolute Gasteiger partial charge is 0.501 e. The Kier molecular flexibility index (Phi) is 7.69. The second-order valence-electron chi connectivity index (χ2n) is 12.7. The topological polar surface area (TPSA) is 52.1 Å². The van der Waals surface area contributed by atoms with E-state index in [2.05, 4.69) is 53.9 Å². The SMILES string of the molecule is C[Si](C)(C)c1ccc(-c2[c-]cccc2)nc1.[2H]C([2H])([2H])c1cnc(-c2[c-]ccc3c2oc2ccc4oc5ccccc5c4c23)cc1C([2H])(C)C.[Ir]. The Labute approximate surface area is 295 Å². The number of fused-ring (bicyclic) bond motifs is 7. The van der Waals surface area contributed by atoms with Gasteiger partial charge >= 0.3 is 0 Å². The van der Waals surface area contributed by atoms with Crippen molar-refractivity contribution in [2.75, 3.05) is 0 Å². The Morgan fingerprint density at radius 3 is 2.19 bits per heavy atom. The van der Waals surface area contributed by atoms with Crippen LogP contribution in [0.1, 0.15) is 36.4 Å². The van der Waals surface area contributed by atoms with Gasteiger partial charge in [-0.05, 0) is 58.6 Å². The van der Waals surface area contributed by atoms with Gasteiger partial charge in [0.25, 0.3) is 0 Å². The first-order valence-corrected chi connectivity index (χ1v) is 18.8. The quantitative estimate of drug-likeness (QED) is 0.131. The van der Waals surface area contributed by atoms with E-state index in [9.17, 15) is 0 Å². The molecule has 8 aromatic rings. The maximum atomic E-state index is 8.53. The Morgan fingerprint density at radius 1 is 0.745 bits per heavy atom. The van der Waals surface area contributed by atoms with Crippen LogP contribution in [-0.4, -0.2) is 18.0 Å². The fourth-order valence-corrected chi connectivity index (χ4v) is 6.83. The molecule has 0 saturated heterocycles. The zero-order valence-corrected chi connectivity index (χ0v) is 30.3. The number of hydrogen-bond donors (Lipinski definition) is 0. The van der Waals surface area contributed by atoms with Crippen molar-refractivity contribution in [1.29, 1.82) is 0 Å². The summed E-state index contributed by atoms with van der Waals surface area (Å²) in [6, 6.07) is 35.8. The molecule has 4 aromatic heterocycles. The Hall–Kier alpha value is -4.35. The molecule has 0 aliphatic heterocycles. The van der Waals surface area contributed by atoms with E-state index < -0.39 is 20.8 Å². The predicted molar refractivity (Wildman–Crippen MR) is 193 cm³/mol. The van der Waals surface area contributed by atoms with Gasteiger partial charge in [0.05, 0.1) is 13.7 Å². The van der Waals surface area contributed by atoms with Gasteiger partial charge in [-0.3, -0.25) is 0 Å². The van der Waals surface area contributed by atoms with Crippen molar-refractivity contribution in [1.82, 2.24) is 9.97 Å². The van der Waals surface area contributed by atoms with Crippen molar-refractivity contribution in [2.24, 2.45) is 0 Å². The van der Waals surface area contributed by atoms with Gasteiger partial charge in [-0.2, -0.15) is 0 Å². The van der Waals surface area contributed by atoms with Gasteiger partial charge in [0.15, 0.2) is 0 Å². The molecule has 4 heterocycles. The molecule has 6 heteroatoms. The van der Waals surface area contributed by atoms with Gasteiger partial charge in [-0.25, -0.2) is 0 Å². The molecule has 0 N–H and O–H groups in total. The van der Waals surface area contributed by atoms with Crippen LogP contribution < -0.4 is 5.19 Å². The van der Waals surface area contributed by atoms with E-state index in [1.807, 2.05) is 79.0 Å². The maximum absolute atomic E-state index is 8.53. The van der Waals surface area contributed by atoms with Crippen LogP contribution in [-0.2, 0) is 20.1 Å². The molecule has 47 heavy (non-hydrogen) atoms. The number of nitrogens with zero attached hydrogens (tertiary/aromatic N) is 2. The first-order chi connectivity index (χ1) is 23.7. The standard InChI is InChI=1S/C27H20NO2.C14H16NSi.Ir/c1-15(2)20-13-21(28-14-16(20)3)17-8-6-9-19-26-24(30-27(17)19)12-11-23-25(26)18-7-4-5-10-22(18)29-23;1-16(2,3)13-9-10-14(15-11-13)12-7-5-4-6-8-12;/h4-7,9-15H,1-3H3;4-7,9-11H,1-3H3;/q2*-1;/i3D3,15D;;. The molecule has 1 radical (unpaired) electrons. The first-order valence-electron chi connectivity index (χ1n) is 17.3. The molecule has 8 rings (SSSR count). The second kappa shape index (κ2) is 13.0. The van der Waals surface area contributed by atoms with Crippen molar-refractivity contribution >= 4 is 57.1 Å². The molecular formula is C41H36IrN2O2Si-2. The zero-order valence-electron chi connectivity index (χ0n) is 30.9. The van der Waals surface area contributed by atoms with E-state index in [4.69, 9.17) is 14.3 Å². The molecule has 4 nitrogen and oxygen atoms in total. The van der Waals surface area contributed by atoms with Gasteiger partial charge in [0.2, 0.25) is 0 Å². The summed E-state index contributed by atoms with van der Waals surface area (Å²) in [7, 11) is -1.23. The second-order valence-corrected chi connectivity index (χ2v) is 17.8. The minimum atomic E-state index is -2.36. The van der Waals surface area contributed by atoms with Crippen molar-refractivity contribution in [3.63, 3.8) is 0 Å². The molecule has 0 atom stereocenters. The number of benzene rings is 4. The first kappa shape index (κ1) is 27.7. The normalized spacial score (nSPS) is 13.4. The molecule has 0 aliphatic rings. The van der Waals surface area contributed by atoms with Crippen molar-refractivity contribution in [3.8, 4) is 22.5 Å². The van der Waals surface area contributed by atoms with E-state index in [0.29, 0.717) is 22.4 Å². The summed E-state index contributed by atoms with van der Waals surface area (Å²) in [6.07, 6.45) is 3.37. The van der Waals surface area contributed by atoms with Crippen molar-refractivity contribution < 1.29 is 34.4 Å². The van der Waals surface area contributed by atoms with Crippen LogP contribution in [0.15, 0.2) is 112 Å². The smallest absolute Gasteiger partial charge is 0.136 e. The van der Waals surface area contributed by atoms with E-state index >= 15 is 0 Å². The summed E-state index contributed by atoms with van der Waals surface area (Å²) in [6.45, 7) is 7.98. The maximum Gasteiger partial charge on any atom is 0.136 e. The number of aromatic nitrogens is 2. The minimum absolute atomic E-state index is 0. The van der Waals surface area contributed by atoms with Crippen LogP contribution in [0.5, 0.6) is 0 Å². The Bertz CT molecular complexity index is 2500. The fourth-order valence-electron chi connectivity index (χ4n) is 5.79. The minimum Gasteiger partial charge on any atom is -0.501 e. The van der Waals surface area contributed by atoms with E-state index in [1.165, 1.54) is 11.4 Å². The number of pyridine rings is 2. The molecular weight excluding hydrogens is 773 g/mol. The summed E-state index contributed by atoms with van der Waals surface area (Å²) in [5.74, 6) is -1.12. The Morgan fingerprint density at radius 2 is 1.49 bits per heavy atom. The predicted octanol–water partition coefficient (Wildman–Crippen LogP) is 10.9. The third-order valence-corrected chi connectivity index (χ3v) is 10.3. The van der Waals surface area contributed by atoms with Crippen LogP contribution >= 0.6 is 0 Å². The van der Waals surface area contributed by atoms with Crippen LogP contribution in [0, 0.1) is 19.0 Å². The summed E-state index contributed by atoms with van der Waals surface area (Å²) in [5.41, 5.74) is 6.61. The van der Waals surface area contributed by atoms with Crippen molar-refractivity contribution in [2.45, 2.75) is 46.2 Å². The van der Waals surface area contributed by atoms with Gasteiger partial charge in [-0.15, -0.1) is 54.1 Å².